The number of nitrogens with zero attached hydrogens (tertiary/aromatic N) is 2. The Hall–Kier alpha value is -1.95. The number of aryl methyl sites for hydroxylation is 1. The third-order valence-electron chi connectivity index (χ3n) is 3.51. The van der Waals surface area contributed by atoms with Gasteiger partial charge in [-0.3, -0.25) is 4.79 Å². The lowest BCUT2D eigenvalue weighted by Crippen LogP contribution is -2.38. The van der Waals surface area contributed by atoms with Gasteiger partial charge in [0.2, 0.25) is 0 Å². The standard InChI is InChI=1S/C16H24N4O2/c1-6-17-11(5)8-18-15(21)12-7-10(4)19-16-13(12)14(9(2)3)20-22-16/h7,9,11,17H,6,8H2,1-5H3,(H,18,21)/t11-/m1/s1. The molecule has 2 N–H and O–H groups in total. The topological polar surface area (TPSA) is 80.0 Å². The highest BCUT2D eigenvalue weighted by molar-refractivity contribution is 6.06. The normalized spacial score (nSPS) is 12.8. The zero-order valence-electron chi connectivity index (χ0n) is 13.9. The number of likely N-dealkylation sites (N-methyl/N-ethyl adjacent to an activating group) is 1. The van der Waals surface area contributed by atoms with Crippen molar-refractivity contribution in [3.05, 3.63) is 23.0 Å². The third kappa shape index (κ3) is 3.44. The van der Waals surface area contributed by atoms with E-state index in [4.69, 9.17) is 4.52 Å². The minimum Gasteiger partial charge on any atom is -0.350 e. The number of hydrogen-bond donors (Lipinski definition) is 2. The number of nitrogens with one attached hydrogen (secondary N) is 2. The van der Waals surface area contributed by atoms with Gasteiger partial charge in [-0.2, -0.15) is 0 Å². The molecular weight excluding hydrogens is 280 g/mol. The molecule has 0 aromatic carbocycles. The maximum atomic E-state index is 12.6. The van der Waals surface area contributed by atoms with Gasteiger partial charge in [0.05, 0.1) is 16.6 Å². The van der Waals surface area contributed by atoms with Crippen LogP contribution in [0.15, 0.2) is 10.6 Å². The summed E-state index contributed by atoms with van der Waals surface area (Å²) in [6, 6.07) is 2.01. The summed E-state index contributed by atoms with van der Waals surface area (Å²) < 4.78 is 5.29. The monoisotopic (exact) mass is 304 g/mol. The summed E-state index contributed by atoms with van der Waals surface area (Å²) in [5, 5.41) is 11.0. The zero-order chi connectivity index (χ0) is 16.3. The van der Waals surface area contributed by atoms with E-state index in [0.29, 0.717) is 23.2 Å². The lowest BCUT2D eigenvalue weighted by molar-refractivity contribution is 0.0951. The molecule has 0 bridgehead atoms. The van der Waals surface area contributed by atoms with Gasteiger partial charge in [-0.15, -0.1) is 0 Å². The van der Waals surface area contributed by atoms with Crippen LogP contribution in [-0.2, 0) is 0 Å². The van der Waals surface area contributed by atoms with Crippen LogP contribution in [0.1, 0.15) is 55.4 Å². The van der Waals surface area contributed by atoms with Crippen molar-refractivity contribution in [1.82, 2.24) is 20.8 Å². The van der Waals surface area contributed by atoms with Gasteiger partial charge in [0.1, 0.15) is 0 Å². The van der Waals surface area contributed by atoms with Gasteiger partial charge >= 0.3 is 0 Å². The van der Waals surface area contributed by atoms with Crippen LogP contribution in [0.5, 0.6) is 0 Å². The number of pyridine rings is 1. The van der Waals surface area contributed by atoms with Crippen LogP contribution >= 0.6 is 0 Å². The van der Waals surface area contributed by atoms with Crippen LogP contribution in [0.3, 0.4) is 0 Å². The maximum Gasteiger partial charge on any atom is 0.259 e. The highest BCUT2D eigenvalue weighted by Crippen LogP contribution is 2.27. The van der Waals surface area contributed by atoms with Crippen molar-refractivity contribution in [3.63, 3.8) is 0 Å². The van der Waals surface area contributed by atoms with Gasteiger partial charge < -0.3 is 15.2 Å². The molecule has 0 saturated heterocycles. The molecule has 0 saturated carbocycles. The molecule has 2 aromatic heterocycles. The first-order valence-electron chi connectivity index (χ1n) is 7.72. The zero-order valence-corrected chi connectivity index (χ0v) is 13.9. The van der Waals surface area contributed by atoms with E-state index in [1.54, 1.807) is 6.07 Å². The lowest BCUT2D eigenvalue weighted by atomic mass is 10.0. The Morgan fingerprint density at radius 3 is 2.73 bits per heavy atom. The van der Waals surface area contributed by atoms with Gasteiger partial charge in [-0.1, -0.05) is 25.9 Å². The average molecular weight is 304 g/mol. The number of carbonyl (C=O) groups is 1. The SMILES string of the molecule is CCN[C@H](C)CNC(=O)c1cc(C)nc2onc(C(C)C)c12. The molecule has 6 heteroatoms. The largest absolute Gasteiger partial charge is 0.350 e. The summed E-state index contributed by atoms with van der Waals surface area (Å²) in [4.78, 5) is 16.9. The summed E-state index contributed by atoms with van der Waals surface area (Å²) in [6.07, 6.45) is 0. The molecule has 0 radical (unpaired) electrons. The smallest absolute Gasteiger partial charge is 0.259 e. The predicted molar refractivity (Wildman–Crippen MR) is 86.1 cm³/mol. The van der Waals surface area contributed by atoms with Crippen LogP contribution < -0.4 is 10.6 Å². The Bertz CT molecular complexity index is 663. The predicted octanol–water partition coefficient (Wildman–Crippen LogP) is 2.38. The van der Waals surface area contributed by atoms with Gasteiger partial charge in [0.25, 0.3) is 11.6 Å². The molecule has 0 unspecified atom stereocenters. The Morgan fingerprint density at radius 2 is 2.09 bits per heavy atom. The molecule has 6 nitrogen and oxygen atoms in total. The average Bonchev–Trinajstić information content (AvgIpc) is 2.87. The van der Waals surface area contributed by atoms with Crippen molar-refractivity contribution in [2.24, 2.45) is 0 Å². The molecule has 0 aliphatic carbocycles. The summed E-state index contributed by atoms with van der Waals surface area (Å²) in [5.41, 5.74) is 2.51. The quantitative estimate of drug-likeness (QED) is 0.856. The Labute approximate surface area is 130 Å². The molecule has 0 aliphatic heterocycles. The van der Waals surface area contributed by atoms with Crippen LogP contribution in [0, 0.1) is 6.92 Å². The summed E-state index contributed by atoms with van der Waals surface area (Å²) in [6.45, 7) is 11.4. The van der Waals surface area contributed by atoms with E-state index >= 15 is 0 Å². The van der Waals surface area contributed by atoms with E-state index in [2.05, 4.69) is 20.8 Å². The summed E-state index contributed by atoms with van der Waals surface area (Å²) >= 11 is 0. The van der Waals surface area contributed by atoms with E-state index in [-0.39, 0.29) is 17.9 Å². The van der Waals surface area contributed by atoms with Crippen molar-refractivity contribution in [1.29, 1.82) is 0 Å². The molecule has 1 amide bonds. The fourth-order valence-electron chi connectivity index (χ4n) is 2.43. The number of amides is 1. The Kier molecular flexibility index (Phi) is 5.13. The van der Waals surface area contributed by atoms with E-state index in [0.717, 1.165) is 17.9 Å². The minimum absolute atomic E-state index is 0.120. The maximum absolute atomic E-state index is 12.6. The third-order valence-corrected chi connectivity index (χ3v) is 3.51. The molecule has 0 fully saturated rings. The second-order valence-corrected chi connectivity index (χ2v) is 5.88. The van der Waals surface area contributed by atoms with E-state index in [9.17, 15) is 4.79 Å². The molecule has 2 heterocycles. The number of carbonyl (C=O) groups excluding carboxylic acids is 1. The molecule has 0 spiro atoms. The molecular formula is C16H24N4O2. The van der Waals surface area contributed by atoms with Crippen LogP contribution in [0.25, 0.3) is 11.1 Å². The van der Waals surface area contributed by atoms with Crippen molar-refractivity contribution in [2.75, 3.05) is 13.1 Å². The fraction of sp³-hybridized carbons (Fsp3) is 0.562. The number of aromatic nitrogens is 2. The van der Waals surface area contributed by atoms with Crippen molar-refractivity contribution < 1.29 is 9.32 Å². The van der Waals surface area contributed by atoms with Gasteiger partial charge in [-0.05, 0) is 32.4 Å². The van der Waals surface area contributed by atoms with Crippen molar-refractivity contribution in [2.45, 2.75) is 46.6 Å². The van der Waals surface area contributed by atoms with Crippen LogP contribution in [-0.4, -0.2) is 35.2 Å². The minimum atomic E-state index is -0.120. The van der Waals surface area contributed by atoms with E-state index < -0.39 is 0 Å². The molecule has 0 aliphatic rings. The highest BCUT2D eigenvalue weighted by Gasteiger charge is 2.21. The first-order valence-corrected chi connectivity index (χ1v) is 7.72. The summed E-state index contributed by atoms with van der Waals surface area (Å²) in [5.74, 6) is 0.0448. The molecule has 1 atom stereocenters. The van der Waals surface area contributed by atoms with E-state index in [1.807, 2.05) is 34.6 Å². The van der Waals surface area contributed by atoms with Crippen molar-refractivity contribution >= 4 is 17.0 Å². The van der Waals surface area contributed by atoms with Crippen LogP contribution in [0.2, 0.25) is 0 Å². The van der Waals surface area contributed by atoms with Crippen LogP contribution in [0.4, 0.5) is 0 Å². The second kappa shape index (κ2) is 6.87. The first kappa shape index (κ1) is 16.4. The Balaban J connectivity index is 2.32. The number of hydrogen-bond acceptors (Lipinski definition) is 5. The molecule has 120 valence electrons. The molecule has 22 heavy (non-hydrogen) atoms. The summed E-state index contributed by atoms with van der Waals surface area (Å²) in [7, 11) is 0. The van der Waals surface area contributed by atoms with Crippen molar-refractivity contribution in [3.8, 4) is 0 Å². The molecule has 2 aromatic rings. The Morgan fingerprint density at radius 1 is 1.36 bits per heavy atom. The van der Waals surface area contributed by atoms with Gasteiger partial charge in [0.15, 0.2) is 0 Å². The van der Waals surface area contributed by atoms with E-state index in [1.165, 1.54) is 0 Å². The highest BCUT2D eigenvalue weighted by atomic mass is 16.5. The number of rotatable bonds is 6. The van der Waals surface area contributed by atoms with Gasteiger partial charge in [0, 0.05) is 18.3 Å². The second-order valence-electron chi connectivity index (χ2n) is 5.88. The number of fused-ring (bicyclic) bond motifs is 1. The van der Waals surface area contributed by atoms with Gasteiger partial charge in [-0.25, -0.2) is 4.98 Å². The fourth-order valence-corrected chi connectivity index (χ4v) is 2.43. The lowest BCUT2D eigenvalue weighted by Gasteiger charge is -2.14. The molecule has 2 rings (SSSR count). The first-order chi connectivity index (χ1) is 10.4.